The van der Waals surface area contributed by atoms with E-state index in [9.17, 15) is 44.1 Å². The lowest BCUT2D eigenvalue weighted by molar-refractivity contribution is 0.0790. The predicted molar refractivity (Wildman–Crippen MR) is 165 cm³/mol. The normalized spacial score (nSPS) is 18.1. The quantitative estimate of drug-likeness (QED) is 0.0901. The van der Waals surface area contributed by atoms with Gasteiger partial charge in [0.25, 0.3) is 11.5 Å². The first kappa shape index (κ1) is 29.7. The molecule has 0 saturated carbocycles. The van der Waals surface area contributed by atoms with Gasteiger partial charge in [-0.2, -0.15) is 5.10 Å². The minimum atomic E-state index is -2.16. The fraction of sp³-hybridized carbons (Fsp3) is 0.125. The molecule has 15 heteroatoms. The molecule has 14 nitrogen and oxygen atoms in total. The van der Waals surface area contributed by atoms with Crippen LogP contribution in [0.15, 0.2) is 56.8 Å². The second-order valence-corrected chi connectivity index (χ2v) is 11.9. The number of fused-ring (bicyclic) bond motifs is 5. The number of ketones is 4. The van der Waals surface area contributed by atoms with Gasteiger partial charge in [0.2, 0.25) is 5.78 Å². The van der Waals surface area contributed by atoms with Gasteiger partial charge in [-0.3, -0.25) is 33.8 Å². The number of benzene rings is 2. The number of phenols is 3. The van der Waals surface area contributed by atoms with Crippen molar-refractivity contribution < 1.29 is 44.0 Å². The number of amides is 1. The maximum Gasteiger partial charge on any atom is 0.272 e. The number of halogens is 1. The highest BCUT2D eigenvalue weighted by Gasteiger charge is 2.61. The van der Waals surface area contributed by atoms with E-state index in [2.05, 4.69) is 36.4 Å². The number of nitrogens with zero attached hydrogens (tertiary/aromatic N) is 2. The van der Waals surface area contributed by atoms with Crippen molar-refractivity contribution in [2.24, 2.45) is 5.10 Å². The lowest BCUT2D eigenvalue weighted by atomic mass is 9.76. The minimum absolute atomic E-state index is 0.0753. The monoisotopic (exact) mass is 698 g/mol. The summed E-state index contributed by atoms with van der Waals surface area (Å²) in [4.78, 5) is 86.1. The Balaban J connectivity index is 1.31. The van der Waals surface area contributed by atoms with Crippen molar-refractivity contribution >= 4 is 62.0 Å². The van der Waals surface area contributed by atoms with Crippen LogP contribution >= 0.6 is 15.9 Å². The summed E-state index contributed by atoms with van der Waals surface area (Å²) < 4.78 is 5.36. The van der Waals surface area contributed by atoms with Crippen molar-refractivity contribution in [2.45, 2.75) is 18.3 Å². The van der Waals surface area contributed by atoms with Gasteiger partial charge in [0.1, 0.15) is 22.7 Å². The van der Waals surface area contributed by atoms with Crippen LogP contribution in [0.1, 0.15) is 75.0 Å². The van der Waals surface area contributed by atoms with Gasteiger partial charge >= 0.3 is 0 Å². The molecule has 7 rings (SSSR count). The molecule has 2 aromatic carbocycles. The summed E-state index contributed by atoms with van der Waals surface area (Å²) in [6.45, 7) is 0. The molecule has 2 heterocycles. The number of aromatic amines is 1. The van der Waals surface area contributed by atoms with E-state index in [0.717, 1.165) is 13.2 Å². The molecule has 5 N–H and O–H groups in total. The number of hydrogen-bond acceptors (Lipinski definition) is 12. The zero-order valence-corrected chi connectivity index (χ0v) is 25.5. The smallest absolute Gasteiger partial charge is 0.272 e. The molecule has 0 unspecified atom stereocenters. The van der Waals surface area contributed by atoms with Crippen molar-refractivity contribution in [3.63, 3.8) is 0 Å². The first-order chi connectivity index (χ1) is 22.4. The van der Waals surface area contributed by atoms with Crippen LogP contribution in [-0.4, -0.2) is 67.7 Å². The number of hydrogen-bond donors (Lipinski definition) is 5. The molecule has 0 fully saturated rings. The number of Topliss-reactive ketones (excluding diaryl/α,β-unsaturated/α-hetero) is 3. The van der Waals surface area contributed by atoms with Crippen molar-refractivity contribution in [1.29, 1.82) is 0 Å². The highest BCUT2D eigenvalue weighted by molar-refractivity contribution is 9.10. The standard InChI is InChI=1S/C32H19BrN4O10/c1-47-17-8-16(38)19-20(24(17)39)26(41)22-21(25(19)40)28(43)32(29(22)44)4-2-11-6-12-7-13(36-31(46)18(12)27(42)23(11)32)9-35-37-30(45)14-3-5-34-10-15(14)33/h3,5-10,40-42H,2,4H2,1H3,(H,36,46)(H,37,45)/t32-/m0/s1. The summed E-state index contributed by atoms with van der Waals surface area (Å²) in [5.41, 5.74) is -2.69. The molecule has 3 aliphatic carbocycles. The van der Waals surface area contributed by atoms with E-state index in [4.69, 9.17) is 4.74 Å². The number of aromatic nitrogens is 2. The molecule has 1 spiro atoms. The van der Waals surface area contributed by atoms with Crippen molar-refractivity contribution in [2.75, 3.05) is 7.11 Å². The van der Waals surface area contributed by atoms with E-state index in [1.165, 1.54) is 36.8 Å². The van der Waals surface area contributed by atoms with Crippen LogP contribution in [0.2, 0.25) is 0 Å². The number of pyridine rings is 2. The third-order valence-electron chi connectivity index (χ3n) is 8.65. The summed E-state index contributed by atoms with van der Waals surface area (Å²) in [6.07, 6.45) is 4.73. The van der Waals surface area contributed by atoms with Crippen LogP contribution in [0.3, 0.4) is 0 Å². The number of nitrogens with one attached hydrogen (secondary N) is 2. The Hall–Kier alpha value is -5.96. The molecule has 1 atom stereocenters. The molecule has 2 aromatic heterocycles. The largest absolute Gasteiger partial charge is 0.507 e. The van der Waals surface area contributed by atoms with Gasteiger partial charge in [-0.1, -0.05) is 6.07 Å². The van der Waals surface area contributed by atoms with Gasteiger partial charge in [0, 0.05) is 28.5 Å². The number of carbonyl (C=O) groups excluding carboxylic acids is 5. The Morgan fingerprint density at radius 1 is 1.04 bits per heavy atom. The Morgan fingerprint density at radius 2 is 1.74 bits per heavy atom. The summed E-state index contributed by atoms with van der Waals surface area (Å²) in [5, 5.41) is 37.6. The Labute approximate surface area is 270 Å². The number of aromatic hydroxyl groups is 3. The Morgan fingerprint density at radius 3 is 2.43 bits per heavy atom. The number of hydrazone groups is 1. The molecule has 234 valence electrons. The van der Waals surface area contributed by atoms with Crippen LogP contribution in [-0.2, 0) is 16.6 Å². The average Bonchev–Trinajstić information content (AvgIpc) is 3.53. The second kappa shape index (κ2) is 10.3. The number of methoxy groups -OCH3 is 1. The summed E-state index contributed by atoms with van der Waals surface area (Å²) in [5.74, 6) is -7.48. The maximum absolute atomic E-state index is 14.1. The number of carbonyl (C=O) groups is 5. The molecule has 47 heavy (non-hydrogen) atoms. The second-order valence-electron chi connectivity index (χ2n) is 11.0. The van der Waals surface area contributed by atoms with Gasteiger partial charge in [-0.25, -0.2) is 5.43 Å². The average molecular weight is 699 g/mol. The van der Waals surface area contributed by atoms with Crippen LogP contribution in [0.4, 0.5) is 0 Å². The zero-order valence-electron chi connectivity index (χ0n) is 23.9. The topological polar surface area (TPSA) is 225 Å². The number of allylic oxidation sites excluding steroid dienone is 2. The molecule has 4 aromatic rings. The molecule has 0 aliphatic heterocycles. The van der Waals surface area contributed by atoms with Gasteiger partial charge in [0.15, 0.2) is 23.1 Å². The van der Waals surface area contributed by atoms with Gasteiger partial charge < -0.3 is 25.0 Å². The molecular weight excluding hydrogens is 680 g/mol. The number of rotatable bonds is 4. The van der Waals surface area contributed by atoms with Gasteiger partial charge in [-0.05, 0) is 51.9 Å². The van der Waals surface area contributed by atoms with Crippen LogP contribution in [0.25, 0.3) is 10.8 Å². The molecule has 0 radical (unpaired) electrons. The SMILES string of the molecule is COC1=CC(=O)c2c(O)c3c(c(O)c2C1=O)C(=O)[C@]1(CCc2cc4cc(C=NNC(=O)c5ccncc5Br)[nH]c(=O)c4c(O)c21)C3=O. The van der Waals surface area contributed by atoms with Crippen molar-refractivity contribution in [3.05, 3.63) is 102 Å². The first-order valence-electron chi connectivity index (χ1n) is 13.8. The lowest BCUT2D eigenvalue weighted by Crippen LogP contribution is -2.36. The first-order valence-corrected chi connectivity index (χ1v) is 14.6. The molecule has 0 bridgehead atoms. The van der Waals surface area contributed by atoms with E-state index in [1.807, 2.05) is 0 Å². The third-order valence-corrected chi connectivity index (χ3v) is 9.28. The zero-order chi connectivity index (χ0) is 33.5. The van der Waals surface area contributed by atoms with Crippen LogP contribution in [0, 0.1) is 0 Å². The number of ether oxygens (including phenoxy) is 1. The molecular formula is C32H19BrN4O10. The Bertz CT molecular complexity index is 2340. The molecule has 3 aliphatic rings. The predicted octanol–water partition coefficient (Wildman–Crippen LogP) is 2.74. The fourth-order valence-electron chi connectivity index (χ4n) is 6.61. The summed E-state index contributed by atoms with van der Waals surface area (Å²) in [6, 6.07) is 4.47. The van der Waals surface area contributed by atoms with Crippen LogP contribution < -0.4 is 11.0 Å². The van der Waals surface area contributed by atoms with Gasteiger partial charge in [-0.15, -0.1) is 0 Å². The fourth-order valence-corrected chi connectivity index (χ4v) is 7.04. The third kappa shape index (κ3) is 3.95. The number of H-pyrrole nitrogens is 1. The summed E-state index contributed by atoms with van der Waals surface area (Å²) >= 11 is 3.22. The van der Waals surface area contributed by atoms with E-state index >= 15 is 0 Å². The lowest BCUT2D eigenvalue weighted by Gasteiger charge is -2.22. The van der Waals surface area contributed by atoms with Crippen molar-refractivity contribution in [3.8, 4) is 17.2 Å². The summed E-state index contributed by atoms with van der Waals surface area (Å²) in [7, 11) is 1.12. The molecule has 0 saturated heterocycles. The highest BCUT2D eigenvalue weighted by atomic mass is 79.9. The van der Waals surface area contributed by atoms with E-state index in [0.29, 0.717) is 10.0 Å². The van der Waals surface area contributed by atoms with E-state index < -0.39 is 85.3 Å². The number of aryl methyl sites for hydroxylation is 1. The molecule has 1 amide bonds. The van der Waals surface area contributed by atoms with E-state index in [-0.39, 0.29) is 40.4 Å². The number of phenolic OH excluding ortho intramolecular Hbond substituents is 3. The Kier molecular flexibility index (Phi) is 6.50. The van der Waals surface area contributed by atoms with E-state index in [1.54, 1.807) is 0 Å². The van der Waals surface area contributed by atoms with Crippen molar-refractivity contribution in [1.82, 2.24) is 15.4 Å². The maximum atomic E-state index is 14.1. The minimum Gasteiger partial charge on any atom is -0.507 e. The van der Waals surface area contributed by atoms with Gasteiger partial charge in [0.05, 0.1) is 52.2 Å². The highest BCUT2D eigenvalue weighted by Crippen LogP contribution is 2.57. The van der Waals surface area contributed by atoms with Crippen LogP contribution in [0.5, 0.6) is 17.2 Å².